The van der Waals surface area contributed by atoms with E-state index in [0.29, 0.717) is 29.4 Å². The molecule has 0 aliphatic carbocycles. The number of methoxy groups -OCH3 is 2. The van der Waals surface area contributed by atoms with Crippen molar-refractivity contribution in [3.63, 3.8) is 0 Å². The van der Waals surface area contributed by atoms with E-state index in [9.17, 15) is 13.2 Å². The van der Waals surface area contributed by atoms with Crippen molar-refractivity contribution in [2.75, 3.05) is 34.4 Å². The van der Waals surface area contributed by atoms with Crippen molar-refractivity contribution in [2.45, 2.75) is 11.8 Å². The zero-order valence-electron chi connectivity index (χ0n) is 17.6. The standard InChI is InChI=1S/C20H24ClN3O6S/c1-5-30-18-8-6-14(10-19(18)29-4)12-22-23-20(25)13-24(2)31(26,27)15-7-9-17(28-3)16(21)11-15/h6-12H,5,13H2,1-4H3,(H,23,25). The van der Waals surface area contributed by atoms with E-state index < -0.39 is 22.5 Å². The summed E-state index contributed by atoms with van der Waals surface area (Å²) in [4.78, 5) is 12.1. The van der Waals surface area contributed by atoms with Crippen molar-refractivity contribution in [1.82, 2.24) is 9.73 Å². The van der Waals surface area contributed by atoms with Crippen molar-refractivity contribution in [1.29, 1.82) is 0 Å². The molecule has 11 heteroatoms. The molecule has 0 aliphatic rings. The van der Waals surface area contributed by atoms with Crippen molar-refractivity contribution in [3.8, 4) is 17.2 Å². The monoisotopic (exact) mass is 469 g/mol. The molecule has 0 aromatic heterocycles. The number of carbonyl (C=O) groups excluding carboxylic acids is 1. The number of benzene rings is 2. The number of sulfonamides is 1. The summed E-state index contributed by atoms with van der Waals surface area (Å²) in [6.45, 7) is 1.93. The molecule has 31 heavy (non-hydrogen) atoms. The topological polar surface area (TPSA) is 107 Å². The molecule has 0 saturated carbocycles. The van der Waals surface area contributed by atoms with Gasteiger partial charge in [0.2, 0.25) is 10.0 Å². The summed E-state index contributed by atoms with van der Waals surface area (Å²) in [5.41, 5.74) is 2.96. The maximum Gasteiger partial charge on any atom is 0.255 e. The number of hydrogen-bond acceptors (Lipinski definition) is 7. The largest absolute Gasteiger partial charge is 0.495 e. The van der Waals surface area contributed by atoms with Crippen LogP contribution >= 0.6 is 11.6 Å². The molecule has 0 unspecified atom stereocenters. The fraction of sp³-hybridized carbons (Fsp3) is 0.300. The second kappa shape index (κ2) is 11.0. The number of nitrogens with one attached hydrogen (secondary N) is 1. The molecule has 0 atom stereocenters. The lowest BCUT2D eigenvalue weighted by molar-refractivity contribution is -0.121. The van der Waals surface area contributed by atoms with E-state index in [1.54, 1.807) is 18.2 Å². The predicted octanol–water partition coefficient (Wildman–Crippen LogP) is 2.53. The van der Waals surface area contributed by atoms with Crippen LogP contribution in [0, 0.1) is 0 Å². The number of halogens is 1. The SMILES string of the molecule is CCOc1ccc(C=NNC(=O)CN(C)S(=O)(=O)c2ccc(OC)c(Cl)c2)cc1OC. The summed E-state index contributed by atoms with van der Waals surface area (Å²) in [7, 11) is 0.305. The highest BCUT2D eigenvalue weighted by atomic mass is 35.5. The van der Waals surface area contributed by atoms with Crippen LogP contribution in [0.5, 0.6) is 17.2 Å². The molecule has 0 fully saturated rings. The molecule has 0 bridgehead atoms. The fourth-order valence-electron chi connectivity index (χ4n) is 2.53. The Bertz CT molecular complexity index is 1060. The summed E-state index contributed by atoms with van der Waals surface area (Å²) in [6, 6.07) is 9.23. The van der Waals surface area contributed by atoms with Gasteiger partial charge in [-0.2, -0.15) is 9.41 Å². The minimum atomic E-state index is -3.93. The van der Waals surface area contributed by atoms with Gasteiger partial charge < -0.3 is 14.2 Å². The smallest absolute Gasteiger partial charge is 0.255 e. The van der Waals surface area contributed by atoms with E-state index >= 15 is 0 Å². The van der Waals surface area contributed by atoms with Crippen molar-refractivity contribution < 1.29 is 27.4 Å². The molecule has 2 aromatic rings. The number of hydrogen-bond donors (Lipinski definition) is 1. The van der Waals surface area contributed by atoms with Crippen LogP contribution < -0.4 is 19.6 Å². The van der Waals surface area contributed by atoms with E-state index in [1.807, 2.05) is 6.92 Å². The first-order chi connectivity index (χ1) is 14.7. The lowest BCUT2D eigenvalue weighted by atomic mass is 10.2. The van der Waals surface area contributed by atoms with Crippen molar-refractivity contribution >= 4 is 33.7 Å². The Kier molecular flexibility index (Phi) is 8.66. The maximum atomic E-state index is 12.7. The van der Waals surface area contributed by atoms with Crippen LogP contribution in [0.1, 0.15) is 12.5 Å². The fourth-order valence-corrected chi connectivity index (χ4v) is 4.00. The summed E-state index contributed by atoms with van der Waals surface area (Å²) >= 11 is 6.00. The number of ether oxygens (including phenoxy) is 3. The lowest BCUT2D eigenvalue weighted by Gasteiger charge is -2.16. The first kappa shape index (κ1) is 24.4. The molecular formula is C20H24ClN3O6S. The van der Waals surface area contributed by atoms with Gasteiger partial charge in [0, 0.05) is 7.05 Å². The van der Waals surface area contributed by atoms with Gasteiger partial charge in [-0.25, -0.2) is 13.8 Å². The summed E-state index contributed by atoms with van der Waals surface area (Å²) in [5, 5.41) is 4.01. The van der Waals surface area contributed by atoms with E-state index in [1.165, 1.54) is 45.7 Å². The molecule has 168 valence electrons. The molecular weight excluding hydrogens is 446 g/mol. The Morgan fingerprint density at radius 3 is 2.42 bits per heavy atom. The van der Waals surface area contributed by atoms with Crippen LogP contribution in [0.15, 0.2) is 46.4 Å². The van der Waals surface area contributed by atoms with Crippen LogP contribution in [0.25, 0.3) is 0 Å². The molecule has 2 rings (SSSR count). The predicted molar refractivity (Wildman–Crippen MR) is 118 cm³/mol. The van der Waals surface area contributed by atoms with E-state index in [4.69, 9.17) is 25.8 Å². The van der Waals surface area contributed by atoms with Crippen molar-refractivity contribution in [3.05, 3.63) is 47.0 Å². The number of nitrogens with zero attached hydrogens (tertiary/aromatic N) is 2. The lowest BCUT2D eigenvalue weighted by Crippen LogP contribution is -2.36. The van der Waals surface area contributed by atoms with E-state index in [0.717, 1.165) is 4.31 Å². The highest BCUT2D eigenvalue weighted by Gasteiger charge is 2.24. The molecule has 9 nitrogen and oxygen atoms in total. The first-order valence-corrected chi connectivity index (χ1v) is 11.0. The number of carbonyl (C=O) groups is 1. The van der Waals surface area contributed by atoms with Gasteiger partial charge in [-0.05, 0) is 48.9 Å². The zero-order chi connectivity index (χ0) is 23.0. The van der Waals surface area contributed by atoms with Gasteiger partial charge in [0.1, 0.15) is 5.75 Å². The maximum absolute atomic E-state index is 12.7. The number of amides is 1. The summed E-state index contributed by atoms with van der Waals surface area (Å²) < 4.78 is 41.9. The summed E-state index contributed by atoms with van der Waals surface area (Å²) in [5.74, 6) is 0.860. The molecule has 0 heterocycles. The molecule has 0 aliphatic heterocycles. The van der Waals surface area contributed by atoms with Crippen molar-refractivity contribution in [2.24, 2.45) is 5.10 Å². The highest BCUT2D eigenvalue weighted by Crippen LogP contribution is 2.28. The number of likely N-dealkylation sites (N-methyl/N-ethyl adjacent to an activating group) is 1. The van der Waals surface area contributed by atoms with Crippen LogP contribution in [-0.2, 0) is 14.8 Å². The summed E-state index contributed by atoms with van der Waals surface area (Å²) in [6.07, 6.45) is 1.41. The van der Waals surface area contributed by atoms with Gasteiger partial charge in [-0.1, -0.05) is 11.6 Å². The van der Waals surface area contributed by atoms with Gasteiger partial charge in [0.05, 0.1) is 43.5 Å². The third kappa shape index (κ3) is 6.33. The molecule has 2 aromatic carbocycles. The minimum Gasteiger partial charge on any atom is -0.495 e. The average molecular weight is 470 g/mol. The Labute approximate surface area is 186 Å². The molecule has 0 spiro atoms. The second-order valence-electron chi connectivity index (χ2n) is 6.19. The molecule has 1 amide bonds. The Morgan fingerprint density at radius 1 is 1.13 bits per heavy atom. The normalized spacial score (nSPS) is 11.5. The zero-order valence-corrected chi connectivity index (χ0v) is 19.2. The first-order valence-electron chi connectivity index (χ1n) is 9.15. The number of rotatable bonds is 10. The van der Waals surface area contributed by atoms with Crippen LogP contribution in [0.2, 0.25) is 5.02 Å². The average Bonchev–Trinajstić information content (AvgIpc) is 2.74. The third-order valence-corrected chi connectivity index (χ3v) is 6.18. The second-order valence-corrected chi connectivity index (χ2v) is 8.65. The van der Waals surface area contributed by atoms with E-state index in [2.05, 4.69) is 10.5 Å². The Balaban J connectivity index is 2.01. The Morgan fingerprint density at radius 2 is 1.81 bits per heavy atom. The van der Waals surface area contributed by atoms with Gasteiger partial charge in [-0.3, -0.25) is 4.79 Å². The van der Waals surface area contributed by atoms with Crippen LogP contribution in [-0.4, -0.2) is 59.3 Å². The Hall–Kier alpha value is -2.82. The molecule has 0 radical (unpaired) electrons. The van der Waals surface area contributed by atoms with Gasteiger partial charge >= 0.3 is 0 Å². The minimum absolute atomic E-state index is 0.0569. The molecule has 1 N–H and O–H groups in total. The third-order valence-electron chi connectivity index (χ3n) is 4.09. The quantitative estimate of drug-likeness (QED) is 0.423. The number of hydrazone groups is 1. The molecule has 0 saturated heterocycles. The van der Waals surface area contributed by atoms with Gasteiger partial charge in [-0.15, -0.1) is 0 Å². The highest BCUT2D eigenvalue weighted by molar-refractivity contribution is 7.89. The van der Waals surface area contributed by atoms with Crippen LogP contribution in [0.3, 0.4) is 0 Å². The van der Waals surface area contributed by atoms with Crippen LogP contribution in [0.4, 0.5) is 0 Å². The van der Waals surface area contributed by atoms with E-state index in [-0.39, 0.29) is 9.92 Å². The van der Waals surface area contributed by atoms with Gasteiger partial charge in [0.15, 0.2) is 11.5 Å². The van der Waals surface area contributed by atoms with Gasteiger partial charge in [0.25, 0.3) is 5.91 Å².